The lowest BCUT2D eigenvalue weighted by atomic mass is 10.4. The van der Waals surface area contributed by atoms with Gasteiger partial charge < -0.3 is 10.5 Å². The van der Waals surface area contributed by atoms with Gasteiger partial charge in [0.25, 0.3) is 0 Å². The third-order valence-electron chi connectivity index (χ3n) is 2.42. The zero-order chi connectivity index (χ0) is 13.1. The molecule has 0 amide bonds. The highest BCUT2D eigenvalue weighted by Crippen LogP contribution is 2.27. The SMILES string of the molecule is Nc1c(Oc2cccnc2)ncnc1-n1ccnc1. The molecule has 3 aromatic rings. The van der Waals surface area contributed by atoms with Gasteiger partial charge in [-0.05, 0) is 12.1 Å². The number of nitrogens with two attached hydrogens (primary N) is 1. The molecule has 0 bridgehead atoms. The van der Waals surface area contributed by atoms with Crippen molar-refractivity contribution in [2.75, 3.05) is 5.73 Å². The van der Waals surface area contributed by atoms with Crippen LogP contribution >= 0.6 is 0 Å². The zero-order valence-corrected chi connectivity index (χ0v) is 9.84. The van der Waals surface area contributed by atoms with Gasteiger partial charge in [0.05, 0.1) is 6.20 Å². The van der Waals surface area contributed by atoms with E-state index in [-0.39, 0.29) is 5.88 Å². The molecular weight excluding hydrogens is 244 g/mol. The Morgan fingerprint density at radius 1 is 1.16 bits per heavy atom. The van der Waals surface area contributed by atoms with Crippen LogP contribution in [-0.4, -0.2) is 24.5 Å². The van der Waals surface area contributed by atoms with E-state index >= 15 is 0 Å². The maximum atomic E-state index is 6.00. The number of hydrogen-bond donors (Lipinski definition) is 1. The first kappa shape index (κ1) is 11.1. The standard InChI is InChI=1S/C12H10N6O/c13-10-11(18-5-4-15-8-18)16-7-17-12(10)19-9-2-1-3-14-6-9/h1-8H,13H2. The minimum absolute atomic E-state index is 0.284. The van der Waals surface area contributed by atoms with Gasteiger partial charge in [0.1, 0.15) is 24.1 Å². The summed E-state index contributed by atoms with van der Waals surface area (Å²) >= 11 is 0. The van der Waals surface area contributed by atoms with Crippen molar-refractivity contribution >= 4 is 5.69 Å². The summed E-state index contributed by atoms with van der Waals surface area (Å²) in [6, 6.07) is 3.54. The number of hydrogen-bond acceptors (Lipinski definition) is 6. The van der Waals surface area contributed by atoms with Crippen molar-refractivity contribution in [1.29, 1.82) is 0 Å². The Morgan fingerprint density at radius 3 is 2.84 bits per heavy atom. The van der Waals surface area contributed by atoms with Crippen molar-refractivity contribution in [3.05, 3.63) is 49.6 Å². The highest BCUT2D eigenvalue weighted by molar-refractivity contribution is 5.60. The summed E-state index contributed by atoms with van der Waals surface area (Å²) in [5, 5.41) is 0. The van der Waals surface area contributed by atoms with Crippen LogP contribution in [0.2, 0.25) is 0 Å². The molecule has 0 aliphatic carbocycles. The van der Waals surface area contributed by atoms with Gasteiger partial charge in [-0.2, -0.15) is 4.98 Å². The van der Waals surface area contributed by atoms with E-state index in [2.05, 4.69) is 19.9 Å². The third kappa shape index (κ3) is 2.21. The number of ether oxygens (including phenoxy) is 1. The summed E-state index contributed by atoms with van der Waals surface area (Å²) in [6.45, 7) is 0. The number of rotatable bonds is 3. The average Bonchev–Trinajstić information content (AvgIpc) is 2.96. The molecule has 2 N–H and O–H groups in total. The fourth-order valence-corrected chi connectivity index (χ4v) is 1.56. The average molecular weight is 254 g/mol. The van der Waals surface area contributed by atoms with Gasteiger partial charge in [-0.25, -0.2) is 9.97 Å². The molecule has 0 unspecified atom stereocenters. The molecule has 3 heterocycles. The van der Waals surface area contributed by atoms with Crippen molar-refractivity contribution < 1.29 is 4.74 Å². The Morgan fingerprint density at radius 2 is 2.11 bits per heavy atom. The number of aromatic nitrogens is 5. The fraction of sp³-hybridized carbons (Fsp3) is 0. The Labute approximate surface area is 108 Å². The molecule has 0 atom stereocenters. The van der Waals surface area contributed by atoms with Crippen molar-refractivity contribution in [1.82, 2.24) is 24.5 Å². The fourth-order valence-electron chi connectivity index (χ4n) is 1.56. The van der Waals surface area contributed by atoms with Gasteiger partial charge in [-0.15, -0.1) is 0 Å². The summed E-state index contributed by atoms with van der Waals surface area (Å²) < 4.78 is 7.26. The highest BCUT2D eigenvalue weighted by Gasteiger charge is 2.11. The first-order valence-corrected chi connectivity index (χ1v) is 5.51. The van der Waals surface area contributed by atoms with Crippen LogP contribution < -0.4 is 10.5 Å². The first-order valence-electron chi connectivity index (χ1n) is 5.51. The molecule has 0 saturated carbocycles. The molecule has 0 aliphatic heterocycles. The summed E-state index contributed by atoms with van der Waals surface area (Å²) in [6.07, 6.45) is 9.62. The molecule has 3 rings (SSSR count). The lowest BCUT2D eigenvalue weighted by Gasteiger charge is -2.09. The molecule has 0 saturated heterocycles. The summed E-state index contributed by atoms with van der Waals surface area (Å²) in [4.78, 5) is 16.0. The predicted molar refractivity (Wildman–Crippen MR) is 67.9 cm³/mol. The molecule has 19 heavy (non-hydrogen) atoms. The summed E-state index contributed by atoms with van der Waals surface area (Å²) in [7, 11) is 0. The molecule has 7 nitrogen and oxygen atoms in total. The minimum Gasteiger partial charge on any atom is -0.435 e. The molecule has 7 heteroatoms. The monoisotopic (exact) mass is 254 g/mol. The van der Waals surface area contributed by atoms with Gasteiger partial charge in [-0.1, -0.05) is 0 Å². The summed E-state index contributed by atoms with van der Waals surface area (Å²) in [5.41, 5.74) is 6.34. The van der Waals surface area contributed by atoms with E-state index in [0.29, 0.717) is 17.3 Å². The Balaban J connectivity index is 1.97. The van der Waals surface area contributed by atoms with Gasteiger partial charge in [0.15, 0.2) is 5.82 Å². The van der Waals surface area contributed by atoms with Crippen LogP contribution in [0, 0.1) is 0 Å². The van der Waals surface area contributed by atoms with E-state index < -0.39 is 0 Å². The zero-order valence-electron chi connectivity index (χ0n) is 9.84. The number of nitrogens with zero attached hydrogens (tertiary/aromatic N) is 5. The molecule has 0 spiro atoms. The van der Waals surface area contributed by atoms with Crippen LogP contribution in [0.4, 0.5) is 5.69 Å². The van der Waals surface area contributed by atoms with Gasteiger partial charge >= 0.3 is 0 Å². The number of pyridine rings is 1. The van der Waals surface area contributed by atoms with Crippen molar-refractivity contribution in [2.45, 2.75) is 0 Å². The normalized spacial score (nSPS) is 10.3. The Kier molecular flexibility index (Phi) is 2.77. The molecular formula is C12H10N6O. The third-order valence-corrected chi connectivity index (χ3v) is 2.42. The topological polar surface area (TPSA) is 91.7 Å². The summed E-state index contributed by atoms with van der Waals surface area (Å²) in [5.74, 6) is 1.36. The molecule has 94 valence electrons. The van der Waals surface area contributed by atoms with E-state index in [1.54, 1.807) is 47.8 Å². The molecule has 0 fully saturated rings. The van der Waals surface area contributed by atoms with Crippen LogP contribution in [0.3, 0.4) is 0 Å². The molecule has 0 radical (unpaired) electrons. The number of nitrogen functional groups attached to an aromatic ring is 1. The largest absolute Gasteiger partial charge is 0.435 e. The highest BCUT2D eigenvalue weighted by atomic mass is 16.5. The van der Waals surface area contributed by atoms with E-state index in [1.165, 1.54) is 6.33 Å². The van der Waals surface area contributed by atoms with Crippen molar-refractivity contribution in [2.24, 2.45) is 0 Å². The second-order valence-corrected chi connectivity index (χ2v) is 3.68. The van der Waals surface area contributed by atoms with E-state index in [0.717, 1.165) is 0 Å². The first-order chi connectivity index (χ1) is 9.34. The maximum absolute atomic E-state index is 6.00. The molecule has 0 aromatic carbocycles. The van der Waals surface area contributed by atoms with Crippen LogP contribution in [-0.2, 0) is 0 Å². The van der Waals surface area contributed by atoms with Crippen LogP contribution in [0.1, 0.15) is 0 Å². The number of anilines is 1. The second kappa shape index (κ2) is 4.73. The van der Waals surface area contributed by atoms with E-state index in [1.807, 2.05) is 0 Å². The van der Waals surface area contributed by atoms with Gasteiger partial charge in [0.2, 0.25) is 5.88 Å². The maximum Gasteiger partial charge on any atom is 0.248 e. The lowest BCUT2D eigenvalue weighted by molar-refractivity contribution is 0.461. The van der Waals surface area contributed by atoms with Crippen LogP contribution in [0.5, 0.6) is 11.6 Å². The Bertz CT molecular complexity index is 668. The van der Waals surface area contributed by atoms with Crippen LogP contribution in [0.25, 0.3) is 5.82 Å². The smallest absolute Gasteiger partial charge is 0.248 e. The lowest BCUT2D eigenvalue weighted by Crippen LogP contribution is -2.04. The minimum atomic E-state index is 0.284. The Hall–Kier alpha value is -2.96. The van der Waals surface area contributed by atoms with Crippen molar-refractivity contribution in [3.63, 3.8) is 0 Å². The quantitative estimate of drug-likeness (QED) is 0.760. The van der Waals surface area contributed by atoms with Crippen molar-refractivity contribution in [3.8, 4) is 17.4 Å². The van der Waals surface area contributed by atoms with E-state index in [4.69, 9.17) is 10.5 Å². The van der Waals surface area contributed by atoms with Gasteiger partial charge in [0, 0.05) is 18.6 Å². The second-order valence-electron chi connectivity index (χ2n) is 3.68. The predicted octanol–water partition coefficient (Wildman–Crippen LogP) is 1.43. The number of imidazole rings is 1. The molecule has 3 aromatic heterocycles. The molecule has 0 aliphatic rings. The van der Waals surface area contributed by atoms with E-state index in [9.17, 15) is 0 Å². The van der Waals surface area contributed by atoms with Crippen LogP contribution in [0.15, 0.2) is 49.6 Å². The van der Waals surface area contributed by atoms with Gasteiger partial charge in [-0.3, -0.25) is 9.55 Å².